The molecule has 0 heterocycles. The molecule has 0 saturated carbocycles. The van der Waals surface area contributed by atoms with E-state index in [1.165, 1.54) is 5.56 Å². The van der Waals surface area contributed by atoms with Crippen LogP contribution in [0.3, 0.4) is 0 Å². The summed E-state index contributed by atoms with van der Waals surface area (Å²) in [5.41, 5.74) is 1.82. The lowest BCUT2D eigenvalue weighted by Gasteiger charge is -2.31. The van der Waals surface area contributed by atoms with Crippen molar-refractivity contribution in [2.45, 2.75) is 43.9 Å². The molecule has 0 aliphatic carbocycles. The average molecular weight is 399 g/mol. The van der Waals surface area contributed by atoms with Gasteiger partial charge in [-0.2, -0.15) is 17.0 Å². The number of hydrogen-bond donors (Lipinski definition) is 1. The van der Waals surface area contributed by atoms with Crippen LogP contribution in [-0.2, 0) is 10.2 Å². The molecule has 0 fully saturated rings. The fourth-order valence-electron chi connectivity index (χ4n) is 2.68. The van der Waals surface area contributed by atoms with E-state index in [-0.39, 0.29) is 6.04 Å². The predicted molar refractivity (Wildman–Crippen MR) is 118 cm³/mol. The lowest BCUT2D eigenvalue weighted by Crippen LogP contribution is -2.47. The van der Waals surface area contributed by atoms with Crippen LogP contribution in [-0.4, -0.2) is 26.2 Å². The van der Waals surface area contributed by atoms with Crippen molar-refractivity contribution >= 4 is 20.1 Å². The highest BCUT2D eigenvalue weighted by Crippen LogP contribution is 2.23. The van der Waals surface area contributed by atoms with E-state index in [0.29, 0.717) is 12.4 Å². The molecule has 0 bridgehead atoms. The van der Waals surface area contributed by atoms with Gasteiger partial charge in [-0.25, -0.2) is 0 Å². The summed E-state index contributed by atoms with van der Waals surface area (Å²) < 4.78 is 6.17. The van der Waals surface area contributed by atoms with Crippen molar-refractivity contribution in [1.29, 1.82) is 5.26 Å². The minimum absolute atomic E-state index is 0.0000923. The first-order chi connectivity index (χ1) is 12.8. The van der Waals surface area contributed by atoms with Crippen LogP contribution in [0.2, 0.25) is 19.6 Å². The second kappa shape index (κ2) is 10.1. The summed E-state index contributed by atoms with van der Waals surface area (Å²) in [4.78, 5) is 0. The van der Waals surface area contributed by atoms with Crippen molar-refractivity contribution in [3.8, 4) is 6.07 Å². The molecule has 5 heteroatoms. The molecule has 0 radical (unpaired) electrons. The summed E-state index contributed by atoms with van der Waals surface area (Å²) in [5, 5.41) is 13.4. The fraction of sp³-hybridized carbons (Fsp3) is 0.409. The van der Waals surface area contributed by atoms with Crippen molar-refractivity contribution in [3.05, 3.63) is 71.8 Å². The molecule has 0 aliphatic rings. The highest BCUT2D eigenvalue weighted by atomic mass is 32.2. The van der Waals surface area contributed by atoms with Gasteiger partial charge in [0.2, 0.25) is 0 Å². The molecule has 0 spiro atoms. The molecular formula is C22H30N2OSSi. The van der Waals surface area contributed by atoms with E-state index in [1.54, 1.807) is 11.8 Å². The summed E-state index contributed by atoms with van der Waals surface area (Å²) in [6.45, 7) is 9.13. The minimum Gasteiger partial charge on any atom is -0.416 e. The SMILES string of the molecule is C[C@@](C#N)(CSCc1ccccc1)N[C@H](CO[Si](C)(C)C)c1ccccc1. The van der Waals surface area contributed by atoms with Gasteiger partial charge >= 0.3 is 0 Å². The first-order valence-corrected chi connectivity index (χ1v) is 13.9. The van der Waals surface area contributed by atoms with Gasteiger partial charge in [0.05, 0.1) is 18.7 Å². The lowest BCUT2D eigenvalue weighted by molar-refractivity contribution is 0.241. The molecule has 144 valence electrons. The van der Waals surface area contributed by atoms with E-state index in [1.807, 2.05) is 31.2 Å². The van der Waals surface area contributed by atoms with Crippen LogP contribution in [0.1, 0.15) is 24.1 Å². The zero-order chi connectivity index (χ0) is 19.8. The van der Waals surface area contributed by atoms with Crippen molar-refractivity contribution in [2.75, 3.05) is 12.4 Å². The van der Waals surface area contributed by atoms with E-state index in [4.69, 9.17) is 4.43 Å². The predicted octanol–water partition coefficient (Wildman–Crippen LogP) is 5.38. The Kier molecular flexibility index (Phi) is 8.12. The Hall–Kier alpha value is -1.58. The maximum absolute atomic E-state index is 9.85. The first-order valence-electron chi connectivity index (χ1n) is 9.31. The van der Waals surface area contributed by atoms with Crippen LogP contribution in [0.25, 0.3) is 0 Å². The van der Waals surface area contributed by atoms with Gasteiger partial charge in [-0.1, -0.05) is 60.7 Å². The molecule has 0 saturated heterocycles. The summed E-state index contributed by atoms with van der Waals surface area (Å²) >= 11 is 1.78. The van der Waals surface area contributed by atoms with Crippen molar-refractivity contribution in [2.24, 2.45) is 0 Å². The van der Waals surface area contributed by atoms with Crippen LogP contribution in [0, 0.1) is 11.3 Å². The molecule has 27 heavy (non-hydrogen) atoms. The molecule has 0 unspecified atom stereocenters. The Morgan fingerprint density at radius 3 is 2.22 bits per heavy atom. The molecule has 0 aliphatic heterocycles. The van der Waals surface area contributed by atoms with E-state index in [9.17, 15) is 5.26 Å². The third-order valence-electron chi connectivity index (χ3n) is 4.13. The summed E-state index contributed by atoms with van der Waals surface area (Å²) in [5.74, 6) is 1.62. The Balaban J connectivity index is 2.03. The second-order valence-electron chi connectivity index (χ2n) is 7.95. The highest BCUT2D eigenvalue weighted by Gasteiger charge is 2.29. The van der Waals surface area contributed by atoms with Crippen molar-refractivity contribution in [1.82, 2.24) is 5.32 Å². The van der Waals surface area contributed by atoms with Crippen molar-refractivity contribution in [3.63, 3.8) is 0 Å². The maximum Gasteiger partial charge on any atom is 0.183 e. The van der Waals surface area contributed by atoms with E-state index in [2.05, 4.69) is 67.4 Å². The molecule has 3 nitrogen and oxygen atoms in total. The van der Waals surface area contributed by atoms with Gasteiger partial charge in [0, 0.05) is 11.5 Å². The monoisotopic (exact) mass is 398 g/mol. The van der Waals surface area contributed by atoms with Gasteiger partial charge in [-0.15, -0.1) is 0 Å². The minimum atomic E-state index is -1.64. The van der Waals surface area contributed by atoms with Crippen LogP contribution in [0.5, 0.6) is 0 Å². The Morgan fingerprint density at radius 1 is 1.07 bits per heavy atom. The van der Waals surface area contributed by atoms with Gasteiger partial charge in [-0.3, -0.25) is 5.32 Å². The summed E-state index contributed by atoms with van der Waals surface area (Å²) in [6, 6.07) is 23.1. The van der Waals surface area contributed by atoms with Crippen LogP contribution in [0.4, 0.5) is 0 Å². The number of rotatable bonds is 10. The van der Waals surface area contributed by atoms with E-state index in [0.717, 1.165) is 11.3 Å². The number of nitrogens with one attached hydrogen (secondary N) is 1. The van der Waals surface area contributed by atoms with E-state index < -0.39 is 13.9 Å². The molecule has 0 amide bonds. The van der Waals surface area contributed by atoms with Gasteiger partial charge in [0.25, 0.3) is 0 Å². The molecule has 2 aromatic rings. The summed E-state index contributed by atoms with van der Waals surface area (Å²) in [7, 11) is -1.64. The van der Waals surface area contributed by atoms with Gasteiger partial charge in [-0.05, 0) is 37.7 Å². The quantitative estimate of drug-likeness (QED) is 0.545. The number of hydrogen-bond acceptors (Lipinski definition) is 4. The number of benzene rings is 2. The Bertz CT molecular complexity index is 727. The third-order valence-corrected chi connectivity index (χ3v) is 6.48. The molecule has 2 aromatic carbocycles. The molecule has 1 N–H and O–H groups in total. The first kappa shape index (κ1) is 21.7. The summed E-state index contributed by atoms with van der Waals surface area (Å²) in [6.07, 6.45) is 0. The van der Waals surface area contributed by atoms with Crippen molar-refractivity contribution < 1.29 is 4.43 Å². The molecule has 2 rings (SSSR count). The highest BCUT2D eigenvalue weighted by molar-refractivity contribution is 7.98. The lowest BCUT2D eigenvalue weighted by atomic mass is 10.0. The largest absolute Gasteiger partial charge is 0.416 e. The number of nitrogens with zero attached hydrogens (tertiary/aromatic N) is 1. The van der Waals surface area contributed by atoms with Crippen LogP contribution >= 0.6 is 11.8 Å². The zero-order valence-electron chi connectivity index (χ0n) is 16.7. The third kappa shape index (κ3) is 7.90. The fourth-order valence-corrected chi connectivity index (χ4v) is 4.43. The number of thioether (sulfide) groups is 1. The number of nitriles is 1. The zero-order valence-corrected chi connectivity index (χ0v) is 18.6. The molecular weight excluding hydrogens is 368 g/mol. The maximum atomic E-state index is 9.85. The Labute approximate surface area is 169 Å². The molecule has 2 atom stereocenters. The van der Waals surface area contributed by atoms with E-state index >= 15 is 0 Å². The van der Waals surface area contributed by atoms with Crippen LogP contribution in [0.15, 0.2) is 60.7 Å². The van der Waals surface area contributed by atoms with Gasteiger partial charge in [0.15, 0.2) is 8.32 Å². The normalized spacial score (nSPS) is 14.9. The second-order valence-corrected chi connectivity index (χ2v) is 13.5. The average Bonchev–Trinajstić information content (AvgIpc) is 2.66. The smallest absolute Gasteiger partial charge is 0.183 e. The van der Waals surface area contributed by atoms with Crippen LogP contribution < -0.4 is 5.32 Å². The van der Waals surface area contributed by atoms with Gasteiger partial charge < -0.3 is 4.43 Å². The topological polar surface area (TPSA) is 45.0 Å². The Morgan fingerprint density at radius 2 is 1.67 bits per heavy atom. The van der Waals surface area contributed by atoms with Gasteiger partial charge in [0.1, 0.15) is 5.54 Å². The molecule has 0 aromatic heterocycles. The standard InChI is InChI=1S/C22H30N2OSSi/c1-22(17-23,18-26-16-19-11-7-5-8-12-19)24-21(15-25-27(2,3)4)20-13-9-6-10-14-20/h5-14,21,24H,15-16,18H2,1-4H3/t21-,22-/m1/s1.